The third-order valence-corrected chi connectivity index (χ3v) is 4.13. The maximum absolute atomic E-state index is 11.9. The number of halogens is 1. The van der Waals surface area contributed by atoms with E-state index >= 15 is 0 Å². The summed E-state index contributed by atoms with van der Waals surface area (Å²) in [5.41, 5.74) is 4.79. The zero-order valence-corrected chi connectivity index (χ0v) is 14.6. The molecular weight excluding hydrogens is 332 g/mol. The minimum absolute atomic E-state index is 0.0227. The number of benzene rings is 1. The Bertz CT molecular complexity index is 592. The summed E-state index contributed by atoms with van der Waals surface area (Å²) in [6.07, 6.45) is 2.08. The van der Waals surface area contributed by atoms with Crippen LogP contribution in [0.2, 0.25) is 5.02 Å². The molecule has 0 heterocycles. The number of amides is 2. The fourth-order valence-electron chi connectivity index (χ4n) is 2.38. The van der Waals surface area contributed by atoms with E-state index in [0.717, 1.165) is 12.8 Å². The summed E-state index contributed by atoms with van der Waals surface area (Å²) in [5.74, 6) is -3.23. The summed E-state index contributed by atoms with van der Waals surface area (Å²) < 4.78 is 0. The van der Waals surface area contributed by atoms with E-state index < -0.39 is 29.6 Å². The molecule has 0 spiro atoms. The molecule has 7 heteroatoms. The Hall–Kier alpha value is -2.08. The summed E-state index contributed by atoms with van der Waals surface area (Å²) in [5, 5.41) is 11.5. The third kappa shape index (κ3) is 6.20. The molecule has 0 aliphatic carbocycles. The molecular formula is C17H22ClN2O4-. The van der Waals surface area contributed by atoms with Crippen molar-refractivity contribution in [3.8, 4) is 0 Å². The minimum Gasteiger partial charge on any atom is -0.550 e. The van der Waals surface area contributed by atoms with Gasteiger partial charge in [0.15, 0.2) is 0 Å². The zero-order chi connectivity index (χ0) is 18.1. The molecule has 2 N–H and O–H groups in total. The highest BCUT2D eigenvalue weighted by atomic mass is 35.5. The topological polar surface area (TPSA) is 98.3 Å². The molecule has 6 nitrogen and oxygen atoms in total. The van der Waals surface area contributed by atoms with E-state index in [2.05, 4.69) is 10.9 Å². The zero-order valence-electron chi connectivity index (χ0n) is 13.8. The number of carboxylic acid groups (broad SMARTS) is 1. The molecule has 132 valence electrons. The quantitative estimate of drug-likeness (QED) is 0.695. The molecule has 0 aliphatic heterocycles. The Balaban J connectivity index is 2.51. The lowest BCUT2D eigenvalue weighted by Crippen LogP contribution is -2.43. The van der Waals surface area contributed by atoms with Crippen LogP contribution in [0.25, 0.3) is 0 Å². The Kier molecular flexibility index (Phi) is 8.26. The van der Waals surface area contributed by atoms with E-state index in [1.54, 1.807) is 25.1 Å². The van der Waals surface area contributed by atoms with Gasteiger partial charge in [-0.15, -0.1) is 0 Å². The van der Waals surface area contributed by atoms with Crippen molar-refractivity contribution in [3.05, 3.63) is 34.9 Å². The number of carbonyl (C=O) groups excluding carboxylic acids is 3. The van der Waals surface area contributed by atoms with Crippen molar-refractivity contribution in [2.75, 3.05) is 0 Å². The van der Waals surface area contributed by atoms with E-state index in [1.807, 2.05) is 6.92 Å². The van der Waals surface area contributed by atoms with Gasteiger partial charge in [0, 0.05) is 18.3 Å². The SMILES string of the molecule is CCCC[C@@H](C(=O)[O-])[C@H](C)CC(=O)NNC(=O)c1ccccc1Cl. The number of hydrogen-bond donors (Lipinski definition) is 2. The molecule has 0 bridgehead atoms. The molecule has 1 rings (SSSR count). The lowest BCUT2D eigenvalue weighted by atomic mass is 9.87. The van der Waals surface area contributed by atoms with Crippen LogP contribution in [-0.2, 0) is 9.59 Å². The van der Waals surface area contributed by atoms with Crippen LogP contribution in [0.1, 0.15) is 49.9 Å². The monoisotopic (exact) mass is 353 g/mol. The van der Waals surface area contributed by atoms with Crippen LogP contribution in [0.15, 0.2) is 24.3 Å². The molecule has 1 aromatic rings. The number of carbonyl (C=O) groups is 3. The van der Waals surface area contributed by atoms with Gasteiger partial charge in [-0.25, -0.2) is 0 Å². The maximum atomic E-state index is 11.9. The van der Waals surface area contributed by atoms with Crippen molar-refractivity contribution in [3.63, 3.8) is 0 Å². The molecule has 0 saturated heterocycles. The molecule has 0 unspecified atom stereocenters. The van der Waals surface area contributed by atoms with Crippen LogP contribution in [0, 0.1) is 11.8 Å². The van der Waals surface area contributed by atoms with Gasteiger partial charge in [0.2, 0.25) is 5.91 Å². The first-order valence-corrected chi connectivity index (χ1v) is 8.29. The highest BCUT2D eigenvalue weighted by Gasteiger charge is 2.21. The van der Waals surface area contributed by atoms with Crippen molar-refractivity contribution >= 4 is 29.4 Å². The van der Waals surface area contributed by atoms with E-state index in [1.165, 1.54) is 6.07 Å². The van der Waals surface area contributed by atoms with Gasteiger partial charge >= 0.3 is 0 Å². The molecule has 0 saturated carbocycles. The summed E-state index contributed by atoms with van der Waals surface area (Å²) in [6, 6.07) is 6.44. The van der Waals surface area contributed by atoms with Crippen molar-refractivity contribution in [2.45, 2.75) is 39.5 Å². The second-order valence-electron chi connectivity index (χ2n) is 5.73. The van der Waals surface area contributed by atoms with Crippen molar-refractivity contribution in [2.24, 2.45) is 11.8 Å². The maximum Gasteiger partial charge on any atom is 0.271 e. The van der Waals surface area contributed by atoms with Gasteiger partial charge in [0.05, 0.1) is 10.6 Å². The first kappa shape index (κ1) is 20.0. The van der Waals surface area contributed by atoms with E-state index in [-0.39, 0.29) is 17.0 Å². The van der Waals surface area contributed by atoms with Gasteiger partial charge < -0.3 is 9.90 Å². The number of carboxylic acids is 1. The molecule has 0 aromatic heterocycles. The Morgan fingerprint density at radius 1 is 1.21 bits per heavy atom. The summed E-state index contributed by atoms with van der Waals surface area (Å²) >= 11 is 5.90. The van der Waals surface area contributed by atoms with Crippen LogP contribution >= 0.6 is 11.6 Å². The van der Waals surface area contributed by atoms with E-state index in [4.69, 9.17) is 11.6 Å². The average molecular weight is 354 g/mol. The minimum atomic E-state index is -1.15. The first-order chi connectivity index (χ1) is 11.4. The first-order valence-electron chi connectivity index (χ1n) is 7.91. The molecule has 1 aromatic carbocycles. The van der Waals surface area contributed by atoms with Crippen molar-refractivity contribution in [1.82, 2.24) is 10.9 Å². The van der Waals surface area contributed by atoms with Crippen LogP contribution < -0.4 is 16.0 Å². The fourth-order valence-corrected chi connectivity index (χ4v) is 2.61. The Labute approximate surface area is 146 Å². The molecule has 2 atom stereocenters. The predicted molar refractivity (Wildman–Crippen MR) is 88.9 cm³/mol. The number of nitrogens with one attached hydrogen (secondary N) is 2. The number of rotatable bonds is 8. The standard InChI is InChI=1S/C17H23ClN2O4/c1-3-4-7-12(17(23)24)11(2)10-15(21)19-20-16(22)13-8-5-6-9-14(13)18/h5-6,8-9,11-12H,3-4,7,10H2,1-2H3,(H,19,21)(H,20,22)(H,23,24)/p-1/t11-,12-/m1/s1. The Morgan fingerprint density at radius 3 is 2.46 bits per heavy atom. The van der Waals surface area contributed by atoms with Gasteiger partial charge in [0.1, 0.15) is 0 Å². The van der Waals surface area contributed by atoms with Gasteiger partial charge in [-0.2, -0.15) is 0 Å². The number of unbranched alkanes of at least 4 members (excludes halogenated alkanes) is 1. The second kappa shape index (κ2) is 9.93. The Morgan fingerprint density at radius 2 is 1.88 bits per heavy atom. The van der Waals surface area contributed by atoms with Gasteiger partial charge in [0.25, 0.3) is 5.91 Å². The van der Waals surface area contributed by atoms with Crippen molar-refractivity contribution < 1.29 is 19.5 Å². The second-order valence-corrected chi connectivity index (χ2v) is 6.14. The summed E-state index contributed by atoms with van der Waals surface area (Å²) in [4.78, 5) is 35.0. The lowest BCUT2D eigenvalue weighted by molar-refractivity contribution is -0.313. The van der Waals surface area contributed by atoms with E-state index in [9.17, 15) is 19.5 Å². The number of aliphatic carboxylic acids is 1. The molecule has 2 amide bonds. The molecule has 24 heavy (non-hydrogen) atoms. The smallest absolute Gasteiger partial charge is 0.271 e. The van der Waals surface area contributed by atoms with Crippen LogP contribution in [0.3, 0.4) is 0 Å². The fraction of sp³-hybridized carbons (Fsp3) is 0.471. The van der Waals surface area contributed by atoms with Gasteiger partial charge in [-0.1, -0.05) is 50.4 Å². The predicted octanol–water partition coefficient (Wildman–Crippen LogP) is 1.68. The van der Waals surface area contributed by atoms with Crippen LogP contribution in [0.4, 0.5) is 0 Å². The van der Waals surface area contributed by atoms with Gasteiger partial charge in [-0.05, 0) is 24.5 Å². The molecule has 0 fully saturated rings. The number of hydrogen-bond acceptors (Lipinski definition) is 4. The summed E-state index contributed by atoms with van der Waals surface area (Å²) in [6.45, 7) is 3.65. The average Bonchev–Trinajstić information content (AvgIpc) is 2.53. The molecule has 0 aliphatic rings. The van der Waals surface area contributed by atoms with Crippen LogP contribution in [0.5, 0.6) is 0 Å². The highest BCUT2D eigenvalue weighted by molar-refractivity contribution is 6.33. The molecule has 0 radical (unpaired) electrons. The highest BCUT2D eigenvalue weighted by Crippen LogP contribution is 2.21. The summed E-state index contributed by atoms with van der Waals surface area (Å²) in [7, 11) is 0. The number of hydrazine groups is 1. The largest absolute Gasteiger partial charge is 0.550 e. The normalized spacial score (nSPS) is 13.0. The van der Waals surface area contributed by atoms with Gasteiger partial charge in [-0.3, -0.25) is 20.4 Å². The third-order valence-electron chi connectivity index (χ3n) is 3.80. The lowest BCUT2D eigenvalue weighted by Gasteiger charge is -2.24. The van der Waals surface area contributed by atoms with Crippen LogP contribution in [-0.4, -0.2) is 17.8 Å². The van der Waals surface area contributed by atoms with Crippen molar-refractivity contribution in [1.29, 1.82) is 0 Å². The van der Waals surface area contributed by atoms with E-state index in [0.29, 0.717) is 6.42 Å².